The van der Waals surface area contributed by atoms with Crippen LogP contribution in [0.25, 0.3) is 0 Å². The van der Waals surface area contributed by atoms with E-state index in [4.69, 9.17) is 5.73 Å². The van der Waals surface area contributed by atoms with Crippen LogP contribution >= 0.6 is 0 Å². The number of carbonyl (C=O) groups excluding carboxylic acids is 1. The first-order valence-electron chi connectivity index (χ1n) is 6.99. The van der Waals surface area contributed by atoms with Crippen LogP contribution in [0, 0.1) is 12.7 Å². The van der Waals surface area contributed by atoms with Crippen LogP contribution in [0.2, 0.25) is 0 Å². The molecule has 1 heterocycles. The summed E-state index contributed by atoms with van der Waals surface area (Å²) in [5.41, 5.74) is 6.62. The lowest BCUT2D eigenvalue weighted by atomic mass is 10.1. The molecule has 1 aliphatic heterocycles. The molecule has 1 aliphatic rings. The van der Waals surface area contributed by atoms with Crippen molar-refractivity contribution in [3.63, 3.8) is 0 Å². The highest BCUT2D eigenvalue weighted by Crippen LogP contribution is 2.24. The van der Waals surface area contributed by atoms with Gasteiger partial charge in [-0.05, 0) is 39.3 Å². The van der Waals surface area contributed by atoms with Crippen LogP contribution in [0.3, 0.4) is 0 Å². The predicted octanol–water partition coefficient (Wildman–Crippen LogP) is 2.13. The van der Waals surface area contributed by atoms with E-state index < -0.39 is 11.7 Å². The summed E-state index contributed by atoms with van der Waals surface area (Å²) in [5, 5.41) is 3.34. The molecule has 0 aliphatic carbocycles. The number of primary amides is 1. The predicted molar refractivity (Wildman–Crippen MR) is 78.4 cm³/mol. The third-order valence-electron chi connectivity index (χ3n) is 3.94. The molecular formula is C15H22FN3O. The molecule has 110 valence electrons. The van der Waals surface area contributed by atoms with Crippen molar-refractivity contribution in [2.45, 2.75) is 39.3 Å². The average Bonchev–Trinajstić information content (AvgIpc) is 2.83. The Balaban J connectivity index is 2.15. The van der Waals surface area contributed by atoms with Gasteiger partial charge in [0.1, 0.15) is 5.82 Å². The Labute approximate surface area is 119 Å². The lowest BCUT2D eigenvalue weighted by Crippen LogP contribution is -2.31. The Hall–Kier alpha value is -1.62. The highest BCUT2D eigenvalue weighted by molar-refractivity contribution is 5.94. The summed E-state index contributed by atoms with van der Waals surface area (Å²) in [6.45, 7) is 8.01. The van der Waals surface area contributed by atoms with Crippen LogP contribution in [0.1, 0.15) is 36.2 Å². The molecular weight excluding hydrogens is 257 g/mol. The third kappa shape index (κ3) is 3.10. The van der Waals surface area contributed by atoms with Gasteiger partial charge in [-0.25, -0.2) is 4.39 Å². The molecule has 1 aromatic rings. The van der Waals surface area contributed by atoms with Crippen molar-refractivity contribution in [2.75, 3.05) is 18.4 Å². The number of amides is 1. The summed E-state index contributed by atoms with van der Waals surface area (Å²) < 4.78 is 13.8. The van der Waals surface area contributed by atoms with Crippen molar-refractivity contribution in [1.82, 2.24) is 4.90 Å². The van der Waals surface area contributed by atoms with E-state index in [-0.39, 0.29) is 11.6 Å². The molecule has 1 fully saturated rings. The maximum atomic E-state index is 13.8. The van der Waals surface area contributed by atoms with E-state index in [9.17, 15) is 9.18 Å². The van der Waals surface area contributed by atoms with Crippen LogP contribution in [0.15, 0.2) is 12.1 Å². The molecule has 1 amide bonds. The molecule has 1 saturated heterocycles. The van der Waals surface area contributed by atoms with Gasteiger partial charge >= 0.3 is 0 Å². The number of nitrogens with two attached hydrogens (primary N) is 1. The van der Waals surface area contributed by atoms with E-state index >= 15 is 0 Å². The van der Waals surface area contributed by atoms with Gasteiger partial charge in [-0.15, -0.1) is 0 Å². The quantitative estimate of drug-likeness (QED) is 0.887. The first kappa shape index (κ1) is 14.8. The van der Waals surface area contributed by atoms with Gasteiger partial charge in [0.05, 0.1) is 0 Å². The van der Waals surface area contributed by atoms with Crippen molar-refractivity contribution < 1.29 is 9.18 Å². The van der Waals surface area contributed by atoms with Crippen LogP contribution in [0.5, 0.6) is 0 Å². The van der Waals surface area contributed by atoms with Crippen molar-refractivity contribution in [3.8, 4) is 0 Å². The monoisotopic (exact) mass is 279 g/mol. The van der Waals surface area contributed by atoms with Crippen LogP contribution in [-0.4, -0.2) is 36.0 Å². The van der Waals surface area contributed by atoms with E-state index in [1.807, 2.05) is 0 Å². The number of anilines is 1. The minimum absolute atomic E-state index is 0.203. The second kappa shape index (κ2) is 5.79. The molecule has 3 N–H and O–H groups in total. The Morgan fingerprint density at radius 2 is 2.20 bits per heavy atom. The van der Waals surface area contributed by atoms with Gasteiger partial charge in [0.25, 0.3) is 0 Å². The Morgan fingerprint density at radius 3 is 2.75 bits per heavy atom. The van der Waals surface area contributed by atoms with E-state index in [2.05, 4.69) is 24.1 Å². The first-order chi connectivity index (χ1) is 9.38. The van der Waals surface area contributed by atoms with Gasteiger partial charge in [-0.3, -0.25) is 9.69 Å². The summed E-state index contributed by atoms with van der Waals surface area (Å²) in [7, 11) is 0. The smallest absolute Gasteiger partial charge is 0.248 e. The number of nitrogens with zero attached hydrogens (tertiary/aromatic N) is 1. The number of carbonyl (C=O) groups is 1. The molecule has 0 radical (unpaired) electrons. The molecule has 0 saturated carbocycles. The zero-order chi connectivity index (χ0) is 14.9. The highest BCUT2D eigenvalue weighted by Gasteiger charge is 2.24. The SMILES string of the molecule is Cc1c(F)cc(C(N)=O)cc1NC1CCN(C(C)C)C1. The second-order valence-electron chi connectivity index (χ2n) is 5.71. The summed E-state index contributed by atoms with van der Waals surface area (Å²) in [6.07, 6.45) is 1.01. The number of rotatable bonds is 4. The van der Waals surface area contributed by atoms with E-state index in [1.165, 1.54) is 6.07 Å². The van der Waals surface area contributed by atoms with Gasteiger partial charge in [-0.1, -0.05) is 0 Å². The zero-order valence-corrected chi connectivity index (χ0v) is 12.2. The topological polar surface area (TPSA) is 58.4 Å². The third-order valence-corrected chi connectivity index (χ3v) is 3.94. The van der Waals surface area contributed by atoms with Gasteiger partial charge in [0.15, 0.2) is 0 Å². The zero-order valence-electron chi connectivity index (χ0n) is 12.2. The molecule has 4 nitrogen and oxygen atoms in total. The highest BCUT2D eigenvalue weighted by atomic mass is 19.1. The van der Waals surface area contributed by atoms with E-state index in [1.54, 1.807) is 13.0 Å². The molecule has 2 rings (SSSR count). The normalized spacial score (nSPS) is 19.6. The number of hydrogen-bond donors (Lipinski definition) is 2. The summed E-state index contributed by atoms with van der Waals surface area (Å²) in [5.74, 6) is -1.01. The van der Waals surface area contributed by atoms with Gasteiger partial charge < -0.3 is 11.1 Å². The Kier molecular flexibility index (Phi) is 4.28. The fourth-order valence-corrected chi connectivity index (χ4v) is 2.57. The average molecular weight is 279 g/mol. The molecule has 0 spiro atoms. The molecule has 20 heavy (non-hydrogen) atoms. The maximum Gasteiger partial charge on any atom is 0.248 e. The summed E-state index contributed by atoms with van der Waals surface area (Å²) in [6, 6.07) is 3.62. The van der Waals surface area contributed by atoms with Crippen molar-refractivity contribution in [1.29, 1.82) is 0 Å². The van der Waals surface area contributed by atoms with Crippen LogP contribution < -0.4 is 11.1 Å². The van der Waals surface area contributed by atoms with E-state index in [0.717, 1.165) is 19.5 Å². The number of nitrogens with one attached hydrogen (secondary N) is 1. The number of hydrogen-bond acceptors (Lipinski definition) is 3. The van der Waals surface area contributed by atoms with Crippen LogP contribution in [-0.2, 0) is 0 Å². The van der Waals surface area contributed by atoms with Crippen molar-refractivity contribution in [3.05, 3.63) is 29.1 Å². The maximum absolute atomic E-state index is 13.8. The molecule has 1 unspecified atom stereocenters. The van der Waals surface area contributed by atoms with Gasteiger partial charge in [-0.2, -0.15) is 0 Å². The van der Waals surface area contributed by atoms with Gasteiger partial charge in [0.2, 0.25) is 5.91 Å². The Morgan fingerprint density at radius 1 is 1.50 bits per heavy atom. The fourth-order valence-electron chi connectivity index (χ4n) is 2.57. The van der Waals surface area contributed by atoms with Gasteiger partial charge in [0, 0.05) is 42.0 Å². The summed E-state index contributed by atoms with van der Waals surface area (Å²) >= 11 is 0. The molecule has 1 atom stereocenters. The molecule has 5 heteroatoms. The number of benzene rings is 1. The minimum atomic E-state index is -0.609. The fraction of sp³-hybridized carbons (Fsp3) is 0.533. The van der Waals surface area contributed by atoms with Crippen molar-refractivity contribution in [2.24, 2.45) is 5.73 Å². The lowest BCUT2D eigenvalue weighted by Gasteiger charge is -2.21. The number of halogens is 1. The molecule has 0 aromatic heterocycles. The summed E-state index contributed by atoms with van der Waals surface area (Å²) in [4.78, 5) is 13.6. The van der Waals surface area contributed by atoms with E-state index in [0.29, 0.717) is 17.3 Å². The molecule has 1 aromatic carbocycles. The second-order valence-corrected chi connectivity index (χ2v) is 5.71. The minimum Gasteiger partial charge on any atom is -0.381 e. The lowest BCUT2D eigenvalue weighted by molar-refractivity contribution is 0.1000. The Bertz CT molecular complexity index is 516. The molecule has 0 bridgehead atoms. The van der Waals surface area contributed by atoms with Crippen LogP contribution in [0.4, 0.5) is 10.1 Å². The standard InChI is InChI=1S/C15H22FN3O/c1-9(2)19-5-4-12(8-19)18-14-7-11(15(17)20)6-13(16)10(14)3/h6-7,9,12,18H,4-5,8H2,1-3H3,(H2,17,20). The largest absolute Gasteiger partial charge is 0.381 e. The number of likely N-dealkylation sites (tertiary alicyclic amines) is 1. The first-order valence-corrected chi connectivity index (χ1v) is 6.99. The van der Waals surface area contributed by atoms with Crippen molar-refractivity contribution >= 4 is 11.6 Å².